The molecule has 4 heterocycles. The molecule has 43 heavy (non-hydrogen) atoms. The van der Waals surface area contributed by atoms with E-state index in [0.717, 1.165) is 29.0 Å². The van der Waals surface area contributed by atoms with E-state index in [0.29, 0.717) is 36.0 Å². The number of ether oxygens (including phenoxy) is 2. The number of sulfonamides is 1. The summed E-state index contributed by atoms with van der Waals surface area (Å²) in [7, 11) is -2.68. The summed E-state index contributed by atoms with van der Waals surface area (Å²) in [5, 5.41) is 3.43. The molecule has 0 radical (unpaired) electrons. The van der Waals surface area contributed by atoms with Gasteiger partial charge < -0.3 is 20.5 Å². The number of nitrogens with two attached hydrogens (primary N) is 1. The van der Waals surface area contributed by atoms with Crippen molar-refractivity contribution in [1.82, 2.24) is 19.4 Å². The molecule has 5 aromatic rings. The number of aromatic nitrogens is 4. The average molecular weight is 604 g/mol. The highest BCUT2D eigenvalue weighted by atomic mass is 32.2. The Balaban J connectivity index is 1.37. The molecule has 1 aliphatic heterocycles. The first-order valence-corrected chi connectivity index (χ1v) is 15.1. The molecule has 0 unspecified atom stereocenters. The molecule has 0 aliphatic carbocycles. The molecule has 6 rings (SSSR count). The van der Waals surface area contributed by atoms with Gasteiger partial charge in [0.15, 0.2) is 0 Å². The minimum atomic E-state index is -4.10. The fourth-order valence-corrected chi connectivity index (χ4v) is 5.86. The first kappa shape index (κ1) is 28.4. The monoisotopic (exact) mass is 603 g/mol. The maximum Gasteiger partial charge on any atom is 0.263 e. The Labute approximate surface area is 248 Å². The Bertz CT molecular complexity index is 1910. The number of nitrogens with one attached hydrogen (secondary N) is 2. The van der Waals surface area contributed by atoms with Crippen LogP contribution in [-0.4, -0.2) is 54.1 Å². The van der Waals surface area contributed by atoms with E-state index in [1.165, 1.54) is 31.4 Å². The standard InChI is InChI=1S/C30H30FN7O4S/c1-17(2)30-36-27(19-6-10-24(23(31)12-19)37-43(39,40)22-9-11-26(41-3)33-13-22)28-29(32)34-14-25(38(28)30)18-4-7-20(8-5-18)35-21-15-42-16-21/h4-14,17,21,35,37H,15-16H2,1-3H3,(H2,32,34). The van der Waals surface area contributed by atoms with Crippen LogP contribution in [0.1, 0.15) is 25.6 Å². The highest BCUT2D eigenvalue weighted by Gasteiger charge is 2.24. The fourth-order valence-electron chi connectivity index (χ4n) is 4.85. The van der Waals surface area contributed by atoms with Crippen molar-refractivity contribution in [1.29, 1.82) is 0 Å². The van der Waals surface area contributed by atoms with Gasteiger partial charge in [0.2, 0.25) is 5.88 Å². The second-order valence-corrected chi connectivity index (χ2v) is 12.2. The van der Waals surface area contributed by atoms with Crippen LogP contribution in [0.2, 0.25) is 0 Å². The number of hydrogen-bond acceptors (Lipinski definition) is 9. The number of pyridine rings is 1. The topological polar surface area (TPSA) is 146 Å². The second kappa shape index (κ2) is 11.2. The molecule has 11 nitrogen and oxygen atoms in total. The van der Waals surface area contributed by atoms with Gasteiger partial charge in [0.05, 0.1) is 50.1 Å². The molecule has 0 atom stereocenters. The number of imidazole rings is 1. The van der Waals surface area contributed by atoms with E-state index in [9.17, 15) is 8.42 Å². The van der Waals surface area contributed by atoms with Crippen LogP contribution in [0.5, 0.6) is 5.88 Å². The Kier molecular flexibility index (Phi) is 7.36. The van der Waals surface area contributed by atoms with E-state index in [1.807, 2.05) is 42.5 Å². The van der Waals surface area contributed by atoms with Gasteiger partial charge in [-0.05, 0) is 30.3 Å². The summed E-state index contributed by atoms with van der Waals surface area (Å²) in [6.45, 7) is 5.40. The van der Waals surface area contributed by atoms with Crippen molar-refractivity contribution in [3.8, 4) is 28.4 Å². The molecule has 4 N–H and O–H groups in total. The first-order chi connectivity index (χ1) is 20.6. The van der Waals surface area contributed by atoms with E-state index < -0.39 is 15.8 Å². The smallest absolute Gasteiger partial charge is 0.263 e. The lowest BCUT2D eigenvalue weighted by molar-refractivity contribution is 0.0211. The van der Waals surface area contributed by atoms with Crippen LogP contribution in [0, 0.1) is 5.82 Å². The van der Waals surface area contributed by atoms with Crippen molar-refractivity contribution in [2.75, 3.05) is 36.1 Å². The molecule has 0 bridgehead atoms. The summed E-state index contributed by atoms with van der Waals surface area (Å²) in [5.74, 6) is 0.430. The van der Waals surface area contributed by atoms with Gasteiger partial charge in [-0.15, -0.1) is 0 Å². The van der Waals surface area contributed by atoms with Crippen molar-refractivity contribution in [3.63, 3.8) is 0 Å². The van der Waals surface area contributed by atoms with E-state index in [4.69, 9.17) is 20.2 Å². The third kappa shape index (κ3) is 5.44. The Morgan fingerprint density at radius 2 is 1.79 bits per heavy atom. The molecule has 0 saturated carbocycles. The summed E-state index contributed by atoms with van der Waals surface area (Å²) in [6, 6.07) is 15.2. The number of benzene rings is 2. The van der Waals surface area contributed by atoms with E-state index in [1.54, 1.807) is 12.3 Å². The third-order valence-corrected chi connectivity index (χ3v) is 8.48. The Morgan fingerprint density at radius 3 is 2.40 bits per heavy atom. The summed E-state index contributed by atoms with van der Waals surface area (Å²) in [4.78, 5) is 13.1. The lowest BCUT2D eigenvalue weighted by Gasteiger charge is -2.27. The number of methoxy groups -OCH3 is 1. The molecular formula is C30H30FN7O4S. The number of nitrogen functional groups attached to an aromatic ring is 1. The van der Waals surface area contributed by atoms with Gasteiger partial charge in [0.25, 0.3) is 10.0 Å². The van der Waals surface area contributed by atoms with Gasteiger partial charge in [-0.1, -0.05) is 32.0 Å². The lowest BCUT2D eigenvalue weighted by atomic mass is 10.1. The average Bonchev–Trinajstić information content (AvgIpc) is 3.39. The highest BCUT2D eigenvalue weighted by molar-refractivity contribution is 7.92. The van der Waals surface area contributed by atoms with Crippen LogP contribution >= 0.6 is 0 Å². The molecule has 1 fully saturated rings. The van der Waals surface area contributed by atoms with Crippen molar-refractivity contribution >= 4 is 32.7 Å². The predicted octanol–water partition coefficient (Wildman–Crippen LogP) is 4.92. The Hall–Kier alpha value is -4.75. The highest BCUT2D eigenvalue weighted by Crippen LogP contribution is 2.36. The zero-order valence-corrected chi connectivity index (χ0v) is 24.5. The van der Waals surface area contributed by atoms with Gasteiger partial charge >= 0.3 is 0 Å². The van der Waals surface area contributed by atoms with Crippen LogP contribution in [-0.2, 0) is 14.8 Å². The molecule has 3 aromatic heterocycles. The quantitative estimate of drug-likeness (QED) is 0.214. The van der Waals surface area contributed by atoms with Crippen molar-refractivity contribution in [2.45, 2.75) is 30.7 Å². The number of halogens is 1. The third-order valence-electron chi connectivity index (χ3n) is 7.13. The summed E-state index contributed by atoms with van der Waals surface area (Å²) in [5.41, 5.74) is 10.2. The minimum absolute atomic E-state index is 0.00427. The van der Waals surface area contributed by atoms with Gasteiger partial charge in [0.1, 0.15) is 33.6 Å². The summed E-state index contributed by atoms with van der Waals surface area (Å²) in [6.07, 6.45) is 2.84. The van der Waals surface area contributed by atoms with Crippen molar-refractivity contribution in [2.24, 2.45) is 0 Å². The van der Waals surface area contributed by atoms with E-state index in [-0.39, 0.29) is 28.2 Å². The van der Waals surface area contributed by atoms with E-state index >= 15 is 4.39 Å². The zero-order chi connectivity index (χ0) is 30.3. The molecule has 0 spiro atoms. The molecule has 1 saturated heterocycles. The van der Waals surface area contributed by atoms with Gasteiger partial charge in [-0.2, -0.15) is 0 Å². The second-order valence-electron chi connectivity index (χ2n) is 10.5. The summed E-state index contributed by atoms with van der Waals surface area (Å²) >= 11 is 0. The molecule has 1 aliphatic rings. The zero-order valence-electron chi connectivity index (χ0n) is 23.7. The number of anilines is 3. The number of fused-ring (bicyclic) bond motifs is 1. The van der Waals surface area contributed by atoms with Crippen LogP contribution in [0.4, 0.5) is 21.6 Å². The SMILES string of the molecule is COc1ccc(S(=O)(=O)Nc2ccc(-c3nc(C(C)C)n4c(-c5ccc(NC6COC6)cc5)cnc(N)c34)cc2F)cn1. The van der Waals surface area contributed by atoms with Crippen molar-refractivity contribution < 1.29 is 22.3 Å². The molecule has 0 amide bonds. The minimum Gasteiger partial charge on any atom is -0.481 e. The molecule has 13 heteroatoms. The van der Waals surface area contributed by atoms with Gasteiger partial charge in [-0.3, -0.25) is 9.12 Å². The van der Waals surface area contributed by atoms with Gasteiger partial charge in [0, 0.05) is 28.8 Å². The summed E-state index contributed by atoms with van der Waals surface area (Å²) < 4.78 is 55.6. The fraction of sp³-hybridized carbons (Fsp3) is 0.233. The number of rotatable bonds is 9. The largest absolute Gasteiger partial charge is 0.481 e. The Morgan fingerprint density at radius 1 is 1.05 bits per heavy atom. The van der Waals surface area contributed by atoms with E-state index in [2.05, 4.69) is 20.0 Å². The van der Waals surface area contributed by atoms with Crippen molar-refractivity contribution in [3.05, 3.63) is 78.6 Å². The lowest BCUT2D eigenvalue weighted by Crippen LogP contribution is -2.40. The maximum atomic E-state index is 15.4. The normalized spacial score (nSPS) is 13.7. The van der Waals surface area contributed by atoms with Crippen LogP contribution in [0.15, 0.2) is 71.9 Å². The number of nitrogens with zero attached hydrogens (tertiary/aromatic N) is 4. The van der Waals surface area contributed by atoms with Crippen LogP contribution in [0.3, 0.4) is 0 Å². The maximum absolute atomic E-state index is 15.4. The molecule has 222 valence electrons. The van der Waals surface area contributed by atoms with Gasteiger partial charge in [-0.25, -0.2) is 27.8 Å². The van der Waals surface area contributed by atoms with Crippen LogP contribution in [0.25, 0.3) is 28.0 Å². The molecule has 2 aromatic carbocycles. The van der Waals surface area contributed by atoms with Crippen LogP contribution < -0.4 is 20.5 Å². The number of hydrogen-bond donors (Lipinski definition) is 3. The first-order valence-electron chi connectivity index (χ1n) is 13.6. The predicted molar refractivity (Wildman–Crippen MR) is 162 cm³/mol. The molecular weight excluding hydrogens is 573 g/mol.